The molecule has 0 spiro atoms. The maximum Gasteiger partial charge on any atom is 0.453 e. The van der Waals surface area contributed by atoms with Gasteiger partial charge in [0.1, 0.15) is 0 Å². The fourth-order valence-corrected chi connectivity index (χ4v) is 2.93. The molecule has 150 valence electrons. The zero-order valence-electron chi connectivity index (χ0n) is 15.7. The number of halogens is 3. The molecule has 7 nitrogen and oxygen atoms in total. The Morgan fingerprint density at radius 1 is 1.30 bits per heavy atom. The Kier molecular flexibility index (Phi) is 6.74. The molecular weight excluding hydrogens is 361 g/mol. The number of rotatable bonds is 8. The molecule has 1 amide bonds. The second-order valence-electron chi connectivity index (χ2n) is 6.55. The number of nitrogens with one attached hydrogen (secondary N) is 1. The van der Waals surface area contributed by atoms with Crippen molar-refractivity contribution in [1.29, 1.82) is 0 Å². The SMILES string of the molecule is CCCCC(CN)NC(=O)CCc1c(C)nc2nc(C(F)(F)F)nn2c1C. The maximum atomic E-state index is 12.8. The van der Waals surface area contributed by atoms with E-state index < -0.39 is 12.0 Å². The highest BCUT2D eigenvalue weighted by atomic mass is 19.4. The minimum absolute atomic E-state index is 0.0649. The summed E-state index contributed by atoms with van der Waals surface area (Å²) in [5.41, 5.74) is 7.40. The van der Waals surface area contributed by atoms with E-state index in [-0.39, 0.29) is 24.1 Å². The van der Waals surface area contributed by atoms with Gasteiger partial charge in [-0.2, -0.15) is 18.2 Å². The van der Waals surface area contributed by atoms with E-state index in [1.54, 1.807) is 13.8 Å². The number of carbonyl (C=O) groups is 1. The fourth-order valence-electron chi connectivity index (χ4n) is 2.93. The third kappa shape index (κ3) is 5.15. The van der Waals surface area contributed by atoms with Crippen LogP contribution in [0.3, 0.4) is 0 Å². The van der Waals surface area contributed by atoms with Gasteiger partial charge in [0.25, 0.3) is 11.6 Å². The van der Waals surface area contributed by atoms with Crippen molar-refractivity contribution in [3.05, 3.63) is 22.8 Å². The van der Waals surface area contributed by atoms with Crippen LogP contribution in [-0.2, 0) is 17.4 Å². The van der Waals surface area contributed by atoms with Crippen LogP contribution in [0.25, 0.3) is 5.78 Å². The van der Waals surface area contributed by atoms with Crippen LogP contribution in [0, 0.1) is 13.8 Å². The highest BCUT2D eigenvalue weighted by molar-refractivity contribution is 5.76. The number of unbranched alkanes of at least 4 members (excludes halogenated alkanes) is 1. The largest absolute Gasteiger partial charge is 0.453 e. The van der Waals surface area contributed by atoms with Crippen molar-refractivity contribution in [3.8, 4) is 0 Å². The normalized spacial score (nSPS) is 13.1. The second-order valence-corrected chi connectivity index (χ2v) is 6.55. The highest BCUT2D eigenvalue weighted by Gasteiger charge is 2.36. The number of hydrogen-bond acceptors (Lipinski definition) is 5. The summed E-state index contributed by atoms with van der Waals surface area (Å²) in [5, 5.41) is 6.41. The molecule has 0 aliphatic heterocycles. The smallest absolute Gasteiger partial charge is 0.352 e. The zero-order chi connectivity index (χ0) is 20.2. The van der Waals surface area contributed by atoms with Gasteiger partial charge >= 0.3 is 6.18 Å². The average molecular weight is 386 g/mol. The lowest BCUT2D eigenvalue weighted by Gasteiger charge is -2.17. The standard InChI is InChI=1S/C17H25F3N6O/c1-4-5-6-12(9-21)23-14(27)8-7-13-10(2)22-16-24-15(17(18,19)20)25-26(16)11(13)3/h12H,4-9,21H2,1-3H3,(H,23,27). The van der Waals surface area contributed by atoms with Gasteiger partial charge in [0.2, 0.25) is 5.91 Å². The molecule has 0 radical (unpaired) electrons. The first-order valence-corrected chi connectivity index (χ1v) is 8.96. The van der Waals surface area contributed by atoms with Gasteiger partial charge in [0.05, 0.1) is 0 Å². The molecule has 2 rings (SSSR count). The van der Waals surface area contributed by atoms with Crippen LogP contribution in [0.4, 0.5) is 13.2 Å². The molecule has 0 aliphatic carbocycles. The number of amides is 1. The van der Waals surface area contributed by atoms with E-state index in [9.17, 15) is 18.0 Å². The van der Waals surface area contributed by atoms with Crippen LogP contribution in [0.2, 0.25) is 0 Å². The number of alkyl halides is 3. The summed E-state index contributed by atoms with van der Waals surface area (Å²) in [7, 11) is 0. The van der Waals surface area contributed by atoms with Gasteiger partial charge in [0, 0.05) is 30.4 Å². The quantitative estimate of drug-likeness (QED) is 0.726. The molecular formula is C17H25F3N6O. The number of aromatic nitrogens is 4. The van der Waals surface area contributed by atoms with Crippen molar-refractivity contribution >= 4 is 11.7 Å². The zero-order valence-corrected chi connectivity index (χ0v) is 15.7. The molecule has 2 aromatic heterocycles. The summed E-state index contributed by atoms with van der Waals surface area (Å²) in [5.74, 6) is -1.47. The first kappa shape index (κ1) is 21.1. The minimum atomic E-state index is -4.64. The summed E-state index contributed by atoms with van der Waals surface area (Å²) >= 11 is 0. The van der Waals surface area contributed by atoms with Crippen LogP contribution >= 0.6 is 0 Å². The van der Waals surface area contributed by atoms with Crippen molar-refractivity contribution in [2.75, 3.05) is 6.54 Å². The Bertz CT molecular complexity index is 802. The fraction of sp³-hybridized carbons (Fsp3) is 0.647. The average Bonchev–Trinajstić information content (AvgIpc) is 3.02. The molecule has 0 bridgehead atoms. The number of carbonyl (C=O) groups excluding carboxylic acids is 1. The molecule has 1 unspecified atom stereocenters. The van der Waals surface area contributed by atoms with Crippen LogP contribution in [0.5, 0.6) is 0 Å². The molecule has 10 heteroatoms. The molecule has 3 N–H and O–H groups in total. The molecule has 0 aromatic carbocycles. The molecule has 2 heterocycles. The molecule has 0 saturated carbocycles. The third-order valence-corrected chi connectivity index (χ3v) is 4.46. The number of nitrogens with zero attached hydrogens (tertiary/aromatic N) is 4. The summed E-state index contributed by atoms with van der Waals surface area (Å²) < 4.78 is 39.6. The van der Waals surface area contributed by atoms with Crippen LogP contribution in [0.1, 0.15) is 55.4 Å². The van der Waals surface area contributed by atoms with E-state index in [2.05, 4.69) is 27.3 Å². The third-order valence-electron chi connectivity index (χ3n) is 4.46. The van der Waals surface area contributed by atoms with Crippen molar-refractivity contribution in [2.24, 2.45) is 5.73 Å². The van der Waals surface area contributed by atoms with Gasteiger partial charge in [-0.3, -0.25) is 4.79 Å². The Hall–Kier alpha value is -2.23. The lowest BCUT2D eigenvalue weighted by atomic mass is 10.1. The van der Waals surface area contributed by atoms with Gasteiger partial charge in [-0.25, -0.2) is 9.50 Å². The lowest BCUT2D eigenvalue weighted by molar-refractivity contribution is -0.144. The van der Waals surface area contributed by atoms with Crippen LogP contribution in [0.15, 0.2) is 0 Å². The number of hydrogen-bond donors (Lipinski definition) is 2. The van der Waals surface area contributed by atoms with Gasteiger partial charge < -0.3 is 11.1 Å². The summed E-state index contributed by atoms with van der Waals surface area (Å²) in [6, 6.07) is -0.0649. The van der Waals surface area contributed by atoms with Gasteiger partial charge in [0.15, 0.2) is 0 Å². The lowest BCUT2D eigenvalue weighted by Crippen LogP contribution is -2.40. The molecule has 0 saturated heterocycles. The Balaban J connectivity index is 2.13. The Labute approximate surface area is 155 Å². The topological polar surface area (TPSA) is 98.2 Å². The predicted molar refractivity (Wildman–Crippen MR) is 94.1 cm³/mol. The van der Waals surface area contributed by atoms with E-state index in [1.807, 2.05) is 0 Å². The second kappa shape index (κ2) is 8.64. The van der Waals surface area contributed by atoms with Crippen molar-refractivity contribution in [3.63, 3.8) is 0 Å². The number of aryl methyl sites for hydroxylation is 2. The van der Waals surface area contributed by atoms with Crippen molar-refractivity contribution in [2.45, 2.75) is 65.1 Å². The monoisotopic (exact) mass is 386 g/mol. The van der Waals surface area contributed by atoms with Crippen molar-refractivity contribution < 1.29 is 18.0 Å². The van der Waals surface area contributed by atoms with E-state index in [4.69, 9.17) is 5.73 Å². The molecule has 27 heavy (non-hydrogen) atoms. The van der Waals surface area contributed by atoms with Gasteiger partial charge in [-0.15, -0.1) is 5.10 Å². The summed E-state index contributed by atoms with van der Waals surface area (Å²) in [6.45, 7) is 5.77. The van der Waals surface area contributed by atoms with Gasteiger partial charge in [-0.1, -0.05) is 19.8 Å². The van der Waals surface area contributed by atoms with E-state index in [0.717, 1.165) is 23.8 Å². The first-order chi connectivity index (χ1) is 12.7. The first-order valence-electron chi connectivity index (χ1n) is 8.96. The highest BCUT2D eigenvalue weighted by Crippen LogP contribution is 2.27. The van der Waals surface area contributed by atoms with E-state index >= 15 is 0 Å². The van der Waals surface area contributed by atoms with Crippen LogP contribution < -0.4 is 11.1 Å². The number of fused-ring (bicyclic) bond motifs is 1. The van der Waals surface area contributed by atoms with E-state index in [0.29, 0.717) is 29.9 Å². The molecule has 0 aliphatic rings. The Morgan fingerprint density at radius 3 is 2.59 bits per heavy atom. The summed E-state index contributed by atoms with van der Waals surface area (Å²) in [6.07, 6.45) is -1.27. The van der Waals surface area contributed by atoms with E-state index in [1.165, 1.54) is 0 Å². The summed E-state index contributed by atoms with van der Waals surface area (Å²) in [4.78, 5) is 19.7. The predicted octanol–water partition coefficient (Wildman–Crippen LogP) is 2.33. The molecule has 2 aromatic rings. The van der Waals surface area contributed by atoms with Crippen molar-refractivity contribution in [1.82, 2.24) is 24.9 Å². The maximum absolute atomic E-state index is 12.8. The minimum Gasteiger partial charge on any atom is -0.352 e. The number of nitrogens with two attached hydrogens (primary N) is 1. The van der Waals surface area contributed by atoms with Gasteiger partial charge in [-0.05, 0) is 32.3 Å². The molecule has 0 fully saturated rings. The van der Waals surface area contributed by atoms with Crippen LogP contribution in [-0.4, -0.2) is 38.1 Å². The Morgan fingerprint density at radius 2 is 2.00 bits per heavy atom. The molecule has 1 atom stereocenters.